The molecular formula is C11H24O2Si. The fourth-order valence-corrected chi connectivity index (χ4v) is 2.05. The molecule has 1 unspecified atom stereocenters. The van der Waals surface area contributed by atoms with Crippen molar-refractivity contribution in [1.29, 1.82) is 0 Å². The molecule has 1 rings (SSSR count). The number of epoxide rings is 1. The lowest BCUT2D eigenvalue weighted by Gasteiger charge is -2.36. The number of hydrogen-bond donors (Lipinski definition) is 0. The first-order chi connectivity index (χ1) is 6.16. The molecule has 0 aliphatic carbocycles. The van der Waals surface area contributed by atoms with Gasteiger partial charge in [-0.1, -0.05) is 20.8 Å². The summed E-state index contributed by atoms with van der Waals surface area (Å²) in [4.78, 5) is 0. The van der Waals surface area contributed by atoms with E-state index in [0.717, 1.165) is 19.6 Å². The topological polar surface area (TPSA) is 21.8 Å². The van der Waals surface area contributed by atoms with Crippen LogP contribution in [0.25, 0.3) is 0 Å². The molecule has 0 amide bonds. The van der Waals surface area contributed by atoms with Crippen molar-refractivity contribution in [2.24, 2.45) is 0 Å². The lowest BCUT2D eigenvalue weighted by molar-refractivity contribution is 0.225. The van der Waals surface area contributed by atoms with Crippen molar-refractivity contribution < 1.29 is 9.16 Å². The van der Waals surface area contributed by atoms with Crippen molar-refractivity contribution in [2.45, 2.75) is 57.8 Å². The van der Waals surface area contributed by atoms with Crippen molar-refractivity contribution >= 4 is 8.32 Å². The SMILES string of the molecule is CC1(CCO[Si](C)(C)C(C)(C)C)CO1. The maximum absolute atomic E-state index is 6.07. The summed E-state index contributed by atoms with van der Waals surface area (Å²) in [7, 11) is -1.53. The maximum Gasteiger partial charge on any atom is 0.191 e. The summed E-state index contributed by atoms with van der Waals surface area (Å²) in [5, 5.41) is 0.318. The Morgan fingerprint density at radius 1 is 1.36 bits per heavy atom. The van der Waals surface area contributed by atoms with Gasteiger partial charge in [0.25, 0.3) is 0 Å². The van der Waals surface area contributed by atoms with Crippen LogP contribution in [0.4, 0.5) is 0 Å². The fraction of sp³-hybridized carbons (Fsp3) is 1.00. The zero-order valence-corrected chi connectivity index (χ0v) is 11.4. The van der Waals surface area contributed by atoms with E-state index in [4.69, 9.17) is 9.16 Å². The molecule has 1 fully saturated rings. The Bertz CT molecular complexity index is 202. The van der Waals surface area contributed by atoms with Crippen LogP contribution < -0.4 is 0 Å². The molecular weight excluding hydrogens is 192 g/mol. The molecule has 1 saturated heterocycles. The first kappa shape index (κ1) is 12.2. The zero-order chi connectivity index (χ0) is 11.0. The molecule has 3 heteroatoms. The third-order valence-electron chi connectivity index (χ3n) is 3.54. The van der Waals surface area contributed by atoms with E-state index in [9.17, 15) is 0 Å². The van der Waals surface area contributed by atoms with E-state index in [-0.39, 0.29) is 5.60 Å². The highest BCUT2D eigenvalue weighted by Crippen LogP contribution is 2.37. The van der Waals surface area contributed by atoms with E-state index in [1.165, 1.54) is 0 Å². The van der Waals surface area contributed by atoms with Gasteiger partial charge in [-0.2, -0.15) is 0 Å². The number of hydrogen-bond acceptors (Lipinski definition) is 2. The third-order valence-corrected chi connectivity index (χ3v) is 8.08. The minimum Gasteiger partial charge on any atom is -0.417 e. The van der Waals surface area contributed by atoms with Gasteiger partial charge in [-0.05, 0) is 25.1 Å². The summed E-state index contributed by atoms with van der Waals surface area (Å²) in [5.41, 5.74) is 0.141. The Kier molecular flexibility index (Phi) is 3.15. The lowest BCUT2D eigenvalue weighted by Crippen LogP contribution is -2.41. The minimum atomic E-state index is -1.53. The molecule has 0 saturated carbocycles. The quantitative estimate of drug-likeness (QED) is 0.532. The first-order valence-electron chi connectivity index (χ1n) is 5.44. The molecule has 2 nitrogen and oxygen atoms in total. The van der Waals surface area contributed by atoms with Crippen molar-refractivity contribution in [3.63, 3.8) is 0 Å². The van der Waals surface area contributed by atoms with Crippen LogP contribution >= 0.6 is 0 Å². The zero-order valence-electron chi connectivity index (χ0n) is 10.4. The molecule has 1 aliphatic heterocycles. The highest BCUT2D eigenvalue weighted by atomic mass is 28.4. The smallest absolute Gasteiger partial charge is 0.191 e. The van der Waals surface area contributed by atoms with Gasteiger partial charge in [0.1, 0.15) is 0 Å². The maximum atomic E-state index is 6.07. The summed E-state index contributed by atoms with van der Waals surface area (Å²) in [5.74, 6) is 0. The van der Waals surface area contributed by atoms with E-state index < -0.39 is 8.32 Å². The highest BCUT2D eigenvalue weighted by molar-refractivity contribution is 6.74. The van der Waals surface area contributed by atoms with Gasteiger partial charge in [0.05, 0.1) is 12.2 Å². The molecule has 1 heterocycles. The van der Waals surface area contributed by atoms with E-state index in [1.807, 2.05) is 0 Å². The molecule has 14 heavy (non-hydrogen) atoms. The fourth-order valence-electron chi connectivity index (χ4n) is 1.01. The molecule has 0 aromatic carbocycles. The van der Waals surface area contributed by atoms with Gasteiger partial charge in [-0.3, -0.25) is 0 Å². The molecule has 0 aromatic heterocycles. The standard InChI is InChI=1S/C11H24O2Si/c1-10(2,3)14(5,6)13-8-7-11(4)9-12-11/h7-9H2,1-6H3. The van der Waals surface area contributed by atoms with Gasteiger partial charge in [0, 0.05) is 13.0 Å². The molecule has 1 atom stereocenters. The first-order valence-corrected chi connectivity index (χ1v) is 8.35. The number of rotatable bonds is 4. The molecule has 0 spiro atoms. The van der Waals surface area contributed by atoms with Gasteiger partial charge in [-0.25, -0.2) is 0 Å². The highest BCUT2D eigenvalue weighted by Gasteiger charge is 2.41. The average molecular weight is 216 g/mol. The molecule has 0 N–H and O–H groups in total. The molecule has 1 aliphatic rings. The van der Waals surface area contributed by atoms with Crippen molar-refractivity contribution in [3.8, 4) is 0 Å². The summed E-state index contributed by atoms with van der Waals surface area (Å²) in [6.07, 6.45) is 1.04. The Morgan fingerprint density at radius 2 is 1.86 bits per heavy atom. The summed E-state index contributed by atoms with van der Waals surface area (Å²) >= 11 is 0. The van der Waals surface area contributed by atoms with E-state index in [1.54, 1.807) is 0 Å². The van der Waals surface area contributed by atoms with Gasteiger partial charge < -0.3 is 9.16 Å². The van der Waals surface area contributed by atoms with Crippen LogP contribution in [0.5, 0.6) is 0 Å². The Morgan fingerprint density at radius 3 is 2.21 bits per heavy atom. The van der Waals surface area contributed by atoms with Crippen molar-refractivity contribution in [2.75, 3.05) is 13.2 Å². The van der Waals surface area contributed by atoms with Crippen molar-refractivity contribution in [3.05, 3.63) is 0 Å². The molecule has 0 radical (unpaired) electrons. The summed E-state index contributed by atoms with van der Waals surface area (Å²) < 4.78 is 11.4. The van der Waals surface area contributed by atoms with E-state index in [0.29, 0.717) is 5.04 Å². The minimum absolute atomic E-state index is 0.141. The molecule has 0 bridgehead atoms. The number of ether oxygens (including phenoxy) is 1. The summed E-state index contributed by atoms with van der Waals surface area (Å²) in [6.45, 7) is 15.3. The van der Waals surface area contributed by atoms with Crippen molar-refractivity contribution in [1.82, 2.24) is 0 Å². The van der Waals surface area contributed by atoms with Crippen LogP contribution in [0.1, 0.15) is 34.1 Å². The van der Waals surface area contributed by atoms with Gasteiger partial charge in [0.2, 0.25) is 0 Å². The second-order valence-electron chi connectivity index (χ2n) is 6.10. The normalized spacial score (nSPS) is 27.9. The Balaban J connectivity index is 2.29. The van der Waals surface area contributed by atoms with Gasteiger partial charge in [-0.15, -0.1) is 0 Å². The van der Waals surface area contributed by atoms with Gasteiger partial charge >= 0.3 is 0 Å². The van der Waals surface area contributed by atoms with E-state index in [2.05, 4.69) is 40.8 Å². The van der Waals surface area contributed by atoms with E-state index >= 15 is 0 Å². The third kappa shape index (κ3) is 3.07. The second-order valence-corrected chi connectivity index (χ2v) is 10.9. The average Bonchev–Trinajstić information content (AvgIpc) is 2.65. The predicted molar refractivity (Wildman–Crippen MR) is 62.1 cm³/mol. The van der Waals surface area contributed by atoms with Gasteiger partial charge in [0.15, 0.2) is 8.32 Å². The Hall–Kier alpha value is 0.137. The Labute approximate surface area is 89.1 Å². The second kappa shape index (κ2) is 3.61. The van der Waals surface area contributed by atoms with Crippen LogP contribution in [0.15, 0.2) is 0 Å². The lowest BCUT2D eigenvalue weighted by atomic mass is 10.1. The van der Waals surface area contributed by atoms with Crippen LogP contribution in [-0.4, -0.2) is 27.1 Å². The van der Waals surface area contributed by atoms with Crippen LogP contribution in [0.2, 0.25) is 18.1 Å². The molecule has 0 aromatic rings. The van der Waals surface area contributed by atoms with Crippen LogP contribution in [0, 0.1) is 0 Å². The predicted octanol–water partition coefficient (Wildman–Crippen LogP) is 3.19. The largest absolute Gasteiger partial charge is 0.417 e. The molecule has 84 valence electrons. The summed E-state index contributed by atoms with van der Waals surface area (Å²) in [6, 6.07) is 0. The van der Waals surface area contributed by atoms with Crippen LogP contribution in [0.3, 0.4) is 0 Å². The van der Waals surface area contributed by atoms with Crippen LogP contribution in [-0.2, 0) is 9.16 Å². The monoisotopic (exact) mass is 216 g/mol.